The minimum atomic E-state index is -3.81. The van der Waals surface area contributed by atoms with E-state index in [1.165, 1.54) is 23.6 Å². The molecule has 4 rings (SSSR count). The Morgan fingerprint density at radius 2 is 1.85 bits per heavy atom. The molecule has 8 nitrogen and oxygen atoms in total. The molecule has 1 saturated carbocycles. The quantitative estimate of drug-likeness (QED) is 0.558. The minimum absolute atomic E-state index is 0.0751. The van der Waals surface area contributed by atoms with Crippen LogP contribution in [-0.2, 0) is 14.8 Å². The monoisotopic (exact) mass is 489 g/mol. The van der Waals surface area contributed by atoms with Gasteiger partial charge in [0.25, 0.3) is 0 Å². The van der Waals surface area contributed by atoms with Crippen LogP contribution < -0.4 is 0 Å². The average molecular weight is 490 g/mol. The maximum absolute atomic E-state index is 13.5. The lowest BCUT2D eigenvalue weighted by atomic mass is 9.90. The van der Waals surface area contributed by atoms with Gasteiger partial charge in [0.15, 0.2) is 10.7 Å². The van der Waals surface area contributed by atoms with Crippen molar-refractivity contribution < 1.29 is 22.2 Å². The van der Waals surface area contributed by atoms with Gasteiger partial charge < -0.3 is 13.8 Å². The molecule has 0 aromatic carbocycles. The summed E-state index contributed by atoms with van der Waals surface area (Å²) in [4.78, 5) is 15.6. The fourth-order valence-corrected chi connectivity index (χ4v) is 6.96. The van der Waals surface area contributed by atoms with Crippen LogP contribution in [0.1, 0.15) is 76.0 Å². The van der Waals surface area contributed by atoms with Crippen molar-refractivity contribution in [3.8, 4) is 0 Å². The van der Waals surface area contributed by atoms with Gasteiger partial charge in [-0.15, -0.1) is 0 Å². The zero-order chi connectivity index (χ0) is 24.3. The zero-order valence-corrected chi connectivity index (χ0v) is 21.1. The number of hydrogen-bond acceptors (Lipinski definition) is 6. The van der Waals surface area contributed by atoms with Crippen LogP contribution in [-0.4, -0.2) is 53.9 Å². The number of piperidine rings is 1. The highest BCUT2D eigenvalue weighted by molar-refractivity contribution is 7.89. The second-order valence-corrected chi connectivity index (χ2v) is 11.5. The van der Waals surface area contributed by atoms with Crippen LogP contribution in [0.2, 0.25) is 0 Å². The normalized spacial score (nSPS) is 19.3. The highest BCUT2D eigenvalue weighted by Gasteiger charge is 2.38. The van der Waals surface area contributed by atoms with Gasteiger partial charge in [-0.3, -0.25) is 4.79 Å². The van der Waals surface area contributed by atoms with Crippen LogP contribution in [0.3, 0.4) is 0 Å². The fourth-order valence-electron chi connectivity index (χ4n) is 5.24. The van der Waals surface area contributed by atoms with Crippen molar-refractivity contribution in [2.24, 2.45) is 5.92 Å². The molecule has 3 heterocycles. The Hall–Kier alpha value is -2.39. The van der Waals surface area contributed by atoms with Crippen LogP contribution in [0, 0.1) is 12.8 Å². The topological polar surface area (TPSA) is 96.9 Å². The first kappa shape index (κ1) is 24.7. The smallest absolute Gasteiger partial charge is 0.248 e. The van der Waals surface area contributed by atoms with Gasteiger partial charge in [-0.1, -0.05) is 24.4 Å². The van der Waals surface area contributed by atoms with Gasteiger partial charge in [0.2, 0.25) is 15.9 Å². The van der Waals surface area contributed by atoms with Crippen LogP contribution in [0.4, 0.5) is 0 Å². The number of sulfonamides is 1. The second-order valence-electron chi connectivity index (χ2n) is 9.62. The summed E-state index contributed by atoms with van der Waals surface area (Å²) < 4.78 is 39.0. The van der Waals surface area contributed by atoms with E-state index in [1.807, 2.05) is 0 Å². The molecule has 34 heavy (non-hydrogen) atoms. The van der Waals surface area contributed by atoms with E-state index in [2.05, 4.69) is 23.9 Å². The molecular weight excluding hydrogens is 454 g/mol. The fraction of sp³-hybridized carbons (Fsp3) is 0.600. The zero-order valence-electron chi connectivity index (χ0n) is 20.3. The number of amides is 1. The van der Waals surface area contributed by atoms with Crippen molar-refractivity contribution >= 4 is 28.1 Å². The maximum Gasteiger partial charge on any atom is 0.248 e. The predicted molar refractivity (Wildman–Crippen MR) is 129 cm³/mol. The summed E-state index contributed by atoms with van der Waals surface area (Å²) in [6.07, 6.45) is 11.5. The van der Waals surface area contributed by atoms with E-state index in [9.17, 15) is 13.2 Å². The lowest BCUT2D eigenvalue weighted by molar-refractivity contribution is -0.142. The van der Waals surface area contributed by atoms with Gasteiger partial charge >= 0.3 is 0 Å². The van der Waals surface area contributed by atoms with Crippen molar-refractivity contribution in [3.63, 3.8) is 0 Å². The highest BCUT2D eigenvalue weighted by atomic mass is 32.2. The Bertz CT molecular complexity index is 1090. The number of aryl methyl sites for hydroxylation is 1. The first-order valence-electron chi connectivity index (χ1n) is 12.3. The number of rotatable bonds is 7. The molecule has 2 aromatic heterocycles. The standard InChI is InChI=1S/C25H35N3O5S/c1-18(2)28(21-8-5-4-6-9-21)25(29)20-13-15-27(16-14-20)34(30,31)24-19(3)26-33-23(24)12-11-22-10-7-17-32-22/h7,10-12,17-18,20-21H,4-6,8-9,13-16H2,1-3H3/b12-11+. The van der Waals surface area contributed by atoms with Crippen LogP contribution in [0.25, 0.3) is 12.2 Å². The number of carbonyl (C=O) groups excluding carboxylic acids is 1. The molecule has 186 valence electrons. The van der Waals surface area contributed by atoms with Crippen molar-refractivity contribution in [1.29, 1.82) is 0 Å². The molecule has 2 fully saturated rings. The lowest BCUT2D eigenvalue weighted by Crippen LogP contribution is -2.50. The summed E-state index contributed by atoms with van der Waals surface area (Å²) in [5.41, 5.74) is 0.320. The Morgan fingerprint density at radius 3 is 2.47 bits per heavy atom. The summed E-state index contributed by atoms with van der Waals surface area (Å²) in [6.45, 7) is 6.40. The molecule has 0 spiro atoms. The molecule has 2 aliphatic rings. The third-order valence-electron chi connectivity index (χ3n) is 6.96. The van der Waals surface area contributed by atoms with Gasteiger partial charge in [-0.2, -0.15) is 4.31 Å². The average Bonchev–Trinajstić information content (AvgIpc) is 3.48. The molecule has 1 saturated heterocycles. The SMILES string of the molecule is Cc1noc(/C=C/c2ccco2)c1S(=O)(=O)N1CCC(C(=O)N(C(C)C)C2CCCCC2)CC1. The van der Waals surface area contributed by atoms with E-state index >= 15 is 0 Å². The van der Waals surface area contributed by atoms with Crippen LogP contribution in [0.5, 0.6) is 0 Å². The third-order valence-corrected chi connectivity index (χ3v) is 9.01. The number of aromatic nitrogens is 1. The maximum atomic E-state index is 13.5. The predicted octanol–water partition coefficient (Wildman–Crippen LogP) is 4.72. The van der Waals surface area contributed by atoms with Gasteiger partial charge in [0.05, 0.1) is 6.26 Å². The number of hydrogen-bond donors (Lipinski definition) is 0. The lowest BCUT2D eigenvalue weighted by Gasteiger charge is -2.41. The van der Waals surface area contributed by atoms with E-state index in [4.69, 9.17) is 8.94 Å². The first-order chi connectivity index (χ1) is 16.3. The molecule has 1 aliphatic carbocycles. The first-order valence-corrected chi connectivity index (χ1v) is 13.7. The summed E-state index contributed by atoms with van der Waals surface area (Å²) in [7, 11) is -3.81. The van der Waals surface area contributed by atoms with E-state index in [-0.39, 0.29) is 28.5 Å². The molecule has 0 radical (unpaired) electrons. The molecule has 9 heteroatoms. The van der Waals surface area contributed by atoms with Crippen molar-refractivity contribution in [1.82, 2.24) is 14.4 Å². The van der Waals surface area contributed by atoms with E-state index < -0.39 is 10.0 Å². The van der Waals surface area contributed by atoms with Crippen molar-refractivity contribution in [3.05, 3.63) is 35.6 Å². The van der Waals surface area contributed by atoms with Gasteiger partial charge in [0, 0.05) is 31.1 Å². The number of furan rings is 1. The molecule has 0 unspecified atom stereocenters. The summed E-state index contributed by atoms with van der Waals surface area (Å²) >= 11 is 0. The van der Waals surface area contributed by atoms with Crippen LogP contribution in [0.15, 0.2) is 32.2 Å². The highest BCUT2D eigenvalue weighted by Crippen LogP contribution is 2.32. The Labute approximate surface area is 202 Å². The van der Waals surface area contributed by atoms with Crippen molar-refractivity contribution in [2.75, 3.05) is 13.1 Å². The van der Waals surface area contributed by atoms with Crippen LogP contribution >= 0.6 is 0 Å². The summed E-state index contributed by atoms with van der Waals surface area (Å²) in [5, 5.41) is 3.89. The molecule has 0 N–H and O–H groups in total. The van der Waals surface area contributed by atoms with E-state index in [0.29, 0.717) is 43.4 Å². The third kappa shape index (κ3) is 5.15. The number of nitrogens with zero attached hydrogens (tertiary/aromatic N) is 3. The van der Waals surface area contributed by atoms with Crippen molar-refractivity contribution in [2.45, 2.75) is 82.7 Å². The molecule has 2 aromatic rings. The van der Waals surface area contributed by atoms with Gasteiger partial charge in [-0.25, -0.2) is 8.42 Å². The number of carbonyl (C=O) groups is 1. The largest absolute Gasteiger partial charge is 0.465 e. The van der Waals surface area contributed by atoms with Gasteiger partial charge in [0.1, 0.15) is 11.5 Å². The summed E-state index contributed by atoms with van der Waals surface area (Å²) in [6, 6.07) is 3.98. The molecule has 1 amide bonds. The molecule has 0 atom stereocenters. The van der Waals surface area contributed by atoms with Gasteiger partial charge in [-0.05, 0) is 70.7 Å². The Balaban J connectivity index is 1.45. The molecular formula is C25H35N3O5S. The Morgan fingerprint density at radius 1 is 1.15 bits per heavy atom. The summed E-state index contributed by atoms with van der Waals surface area (Å²) in [5.74, 6) is 0.805. The van der Waals surface area contributed by atoms with E-state index in [1.54, 1.807) is 37.5 Å². The van der Waals surface area contributed by atoms with E-state index in [0.717, 1.165) is 12.8 Å². The Kier molecular flexibility index (Phi) is 7.62. The molecule has 1 aliphatic heterocycles. The minimum Gasteiger partial charge on any atom is -0.465 e. The second kappa shape index (κ2) is 10.5. The molecule has 0 bridgehead atoms.